The molecule has 2 aromatic rings. The Hall–Kier alpha value is -3.00. The number of ether oxygens (including phenoxy) is 2. The zero-order valence-electron chi connectivity index (χ0n) is 17.0. The first kappa shape index (κ1) is 21.7. The molecule has 0 fully saturated rings. The summed E-state index contributed by atoms with van der Waals surface area (Å²) >= 11 is 1.23. The van der Waals surface area contributed by atoms with E-state index in [1.165, 1.54) is 11.8 Å². The van der Waals surface area contributed by atoms with E-state index >= 15 is 0 Å². The van der Waals surface area contributed by atoms with Crippen LogP contribution in [0.15, 0.2) is 42.5 Å². The number of nitrogens with zero attached hydrogens (tertiary/aromatic N) is 1. The van der Waals surface area contributed by atoms with Crippen molar-refractivity contribution in [2.45, 2.75) is 13.8 Å². The third-order valence-corrected chi connectivity index (χ3v) is 5.40. The molecule has 0 unspecified atom stereocenters. The van der Waals surface area contributed by atoms with Gasteiger partial charge in [0.25, 0.3) is 5.91 Å². The van der Waals surface area contributed by atoms with Crippen LogP contribution >= 0.6 is 11.8 Å². The van der Waals surface area contributed by atoms with Gasteiger partial charge in [0.05, 0.1) is 29.5 Å². The van der Waals surface area contributed by atoms with Crippen molar-refractivity contribution in [2.24, 2.45) is 0 Å². The van der Waals surface area contributed by atoms with Crippen molar-refractivity contribution < 1.29 is 23.9 Å². The Labute approximate surface area is 179 Å². The molecule has 7 nitrogen and oxygen atoms in total. The van der Waals surface area contributed by atoms with E-state index in [4.69, 9.17) is 9.47 Å². The van der Waals surface area contributed by atoms with Gasteiger partial charge in [-0.3, -0.25) is 14.4 Å². The largest absolute Gasteiger partial charge is 0.492 e. The number of thioether (sulfide) groups is 1. The Kier molecular flexibility index (Phi) is 7.35. The lowest BCUT2D eigenvalue weighted by molar-refractivity contribution is -0.121. The minimum absolute atomic E-state index is 0.00548. The second-order valence-electron chi connectivity index (χ2n) is 6.50. The van der Waals surface area contributed by atoms with Gasteiger partial charge >= 0.3 is 0 Å². The van der Waals surface area contributed by atoms with Crippen molar-refractivity contribution in [3.05, 3.63) is 48.0 Å². The van der Waals surface area contributed by atoms with E-state index in [2.05, 4.69) is 5.32 Å². The average Bonchev–Trinajstić information content (AvgIpc) is 2.74. The van der Waals surface area contributed by atoms with Crippen molar-refractivity contribution in [1.82, 2.24) is 0 Å². The molecule has 0 atom stereocenters. The lowest BCUT2D eigenvalue weighted by Gasteiger charge is -2.28. The quantitative estimate of drug-likeness (QED) is 0.617. The molecule has 0 bridgehead atoms. The number of benzene rings is 2. The summed E-state index contributed by atoms with van der Waals surface area (Å²) in [5, 5.41) is 2.81. The number of hydrogen-bond donors (Lipinski definition) is 1. The van der Waals surface area contributed by atoms with Gasteiger partial charge in [0.15, 0.2) is 12.4 Å². The molecule has 1 aliphatic rings. The molecule has 1 N–H and O–H groups in total. The first-order valence-electron chi connectivity index (χ1n) is 9.73. The SMILES string of the molecule is CCOc1ccccc1NC(=O)CSCC(=O)c1ccc2c(c1)N(CC)C(=O)CO2. The molecule has 30 heavy (non-hydrogen) atoms. The topological polar surface area (TPSA) is 84.9 Å². The van der Waals surface area contributed by atoms with Crippen LogP contribution in [0.25, 0.3) is 0 Å². The average molecular weight is 429 g/mol. The van der Waals surface area contributed by atoms with Crippen LogP contribution in [0.5, 0.6) is 11.5 Å². The molecule has 2 amide bonds. The van der Waals surface area contributed by atoms with Crippen molar-refractivity contribution in [1.29, 1.82) is 0 Å². The van der Waals surface area contributed by atoms with Gasteiger partial charge in [0, 0.05) is 12.1 Å². The standard InChI is InChI=1S/C22H24N2O5S/c1-3-24-17-11-15(9-10-20(17)29-12-22(24)27)18(25)13-30-14-21(26)23-16-7-5-6-8-19(16)28-4-2/h5-11H,3-4,12-14H2,1-2H3,(H,23,26). The Bertz CT molecular complexity index is 947. The maximum Gasteiger partial charge on any atom is 0.265 e. The van der Waals surface area contributed by atoms with E-state index in [1.54, 1.807) is 35.2 Å². The summed E-state index contributed by atoms with van der Waals surface area (Å²) in [5.41, 5.74) is 1.70. The predicted octanol–water partition coefficient (Wildman–Crippen LogP) is 3.39. The molecule has 2 aromatic carbocycles. The van der Waals surface area contributed by atoms with Gasteiger partial charge in [-0.05, 0) is 44.2 Å². The van der Waals surface area contributed by atoms with Crippen molar-refractivity contribution >= 4 is 40.7 Å². The second-order valence-corrected chi connectivity index (χ2v) is 7.49. The van der Waals surface area contributed by atoms with Gasteiger partial charge in [-0.1, -0.05) is 12.1 Å². The summed E-state index contributed by atoms with van der Waals surface area (Å²) < 4.78 is 10.9. The number of rotatable bonds is 9. The minimum atomic E-state index is -0.207. The molecule has 0 aromatic heterocycles. The fourth-order valence-electron chi connectivity index (χ4n) is 3.08. The number of hydrogen-bond acceptors (Lipinski definition) is 6. The molecule has 0 spiro atoms. The summed E-state index contributed by atoms with van der Waals surface area (Å²) in [6.45, 7) is 4.77. The van der Waals surface area contributed by atoms with Crippen LogP contribution in [0.2, 0.25) is 0 Å². The number of likely N-dealkylation sites (N-methyl/N-ethyl adjacent to an activating group) is 1. The van der Waals surface area contributed by atoms with Crippen LogP contribution in [0.4, 0.5) is 11.4 Å². The summed E-state index contributed by atoms with van der Waals surface area (Å²) in [5.74, 6) is 1.04. The third kappa shape index (κ3) is 5.13. The molecule has 158 valence electrons. The Morgan fingerprint density at radius 3 is 2.73 bits per heavy atom. The van der Waals surface area contributed by atoms with Gasteiger partial charge in [-0.15, -0.1) is 11.8 Å². The summed E-state index contributed by atoms with van der Waals surface area (Å²) in [6, 6.07) is 12.3. The number of carbonyl (C=O) groups excluding carboxylic acids is 3. The lowest BCUT2D eigenvalue weighted by Crippen LogP contribution is -2.38. The number of carbonyl (C=O) groups is 3. The zero-order chi connectivity index (χ0) is 21.5. The van der Waals surface area contributed by atoms with Crippen LogP contribution in [0.1, 0.15) is 24.2 Å². The third-order valence-electron chi connectivity index (χ3n) is 4.47. The molecule has 0 aliphatic carbocycles. The Balaban J connectivity index is 1.56. The van der Waals surface area contributed by atoms with Gasteiger partial charge in [-0.25, -0.2) is 0 Å². The fourth-order valence-corrected chi connectivity index (χ4v) is 3.79. The molecule has 1 heterocycles. The summed E-state index contributed by atoms with van der Waals surface area (Å²) in [6.07, 6.45) is 0. The highest BCUT2D eigenvalue weighted by atomic mass is 32.2. The minimum Gasteiger partial charge on any atom is -0.492 e. The molecule has 0 saturated carbocycles. The molecule has 3 rings (SSSR count). The van der Waals surface area contributed by atoms with E-state index in [0.29, 0.717) is 41.6 Å². The molecule has 0 radical (unpaired) electrons. The number of amides is 2. The van der Waals surface area contributed by atoms with E-state index in [1.807, 2.05) is 26.0 Å². The van der Waals surface area contributed by atoms with Crippen LogP contribution in [0.3, 0.4) is 0 Å². The zero-order valence-corrected chi connectivity index (χ0v) is 17.8. The van der Waals surface area contributed by atoms with Crippen LogP contribution in [-0.4, -0.2) is 48.9 Å². The van der Waals surface area contributed by atoms with Gasteiger partial charge < -0.3 is 19.7 Å². The van der Waals surface area contributed by atoms with Crippen molar-refractivity contribution in [3.63, 3.8) is 0 Å². The van der Waals surface area contributed by atoms with E-state index in [0.717, 1.165) is 0 Å². The number of nitrogens with one attached hydrogen (secondary N) is 1. The summed E-state index contributed by atoms with van der Waals surface area (Å²) in [7, 11) is 0. The highest BCUT2D eigenvalue weighted by Crippen LogP contribution is 2.33. The Morgan fingerprint density at radius 1 is 1.17 bits per heavy atom. The highest BCUT2D eigenvalue weighted by molar-refractivity contribution is 8.00. The van der Waals surface area contributed by atoms with Crippen LogP contribution < -0.4 is 19.7 Å². The summed E-state index contributed by atoms with van der Waals surface area (Å²) in [4.78, 5) is 38.4. The molecule has 8 heteroatoms. The normalized spacial score (nSPS) is 12.7. The van der Waals surface area contributed by atoms with Gasteiger partial charge in [0.1, 0.15) is 11.5 Å². The molecular weight excluding hydrogens is 404 g/mol. The number of Topliss-reactive ketones (excluding diaryl/α,β-unsaturated/α-hetero) is 1. The maximum absolute atomic E-state index is 12.6. The molecule has 1 aliphatic heterocycles. The first-order chi connectivity index (χ1) is 14.5. The predicted molar refractivity (Wildman–Crippen MR) is 118 cm³/mol. The smallest absolute Gasteiger partial charge is 0.265 e. The van der Waals surface area contributed by atoms with Gasteiger partial charge in [-0.2, -0.15) is 0 Å². The van der Waals surface area contributed by atoms with Crippen LogP contribution in [0, 0.1) is 0 Å². The van der Waals surface area contributed by atoms with E-state index < -0.39 is 0 Å². The maximum atomic E-state index is 12.6. The number of anilines is 2. The van der Waals surface area contributed by atoms with Gasteiger partial charge in [0.2, 0.25) is 5.91 Å². The van der Waals surface area contributed by atoms with Crippen molar-refractivity contribution in [2.75, 3.05) is 41.5 Å². The Morgan fingerprint density at radius 2 is 1.97 bits per heavy atom. The highest BCUT2D eigenvalue weighted by Gasteiger charge is 2.25. The van der Waals surface area contributed by atoms with E-state index in [9.17, 15) is 14.4 Å². The van der Waals surface area contributed by atoms with Crippen molar-refractivity contribution in [3.8, 4) is 11.5 Å². The second kappa shape index (κ2) is 10.2. The fraction of sp³-hybridized carbons (Fsp3) is 0.318. The molecule has 0 saturated heterocycles. The number of para-hydroxylation sites is 2. The first-order valence-corrected chi connectivity index (χ1v) is 10.9. The molecular formula is C22H24N2O5S. The van der Waals surface area contributed by atoms with Crippen LogP contribution in [-0.2, 0) is 9.59 Å². The lowest BCUT2D eigenvalue weighted by atomic mass is 10.1. The van der Waals surface area contributed by atoms with E-state index in [-0.39, 0.29) is 35.7 Å². The monoisotopic (exact) mass is 428 g/mol. The number of ketones is 1. The number of fused-ring (bicyclic) bond motifs is 1.